The number of aryl methyl sites for hydroxylation is 1. The molecule has 0 aromatic heterocycles. The normalized spacial score (nSPS) is 24.8. The van der Waals surface area contributed by atoms with Gasteiger partial charge in [-0.1, -0.05) is 0 Å². The van der Waals surface area contributed by atoms with Gasteiger partial charge in [-0.25, -0.2) is 17.5 Å². The van der Waals surface area contributed by atoms with Crippen LogP contribution in [0.15, 0.2) is 23.1 Å². The van der Waals surface area contributed by atoms with Gasteiger partial charge in [0.25, 0.3) is 0 Å². The first-order valence-corrected chi connectivity index (χ1v) is 8.21. The zero-order chi connectivity index (χ0) is 16.5. The minimum absolute atomic E-state index is 0.0504. The van der Waals surface area contributed by atoms with E-state index < -0.39 is 33.3 Å². The predicted molar refractivity (Wildman–Crippen MR) is 76.4 cm³/mol. The number of carboxylic acid groups (broad SMARTS) is 1. The van der Waals surface area contributed by atoms with E-state index in [1.54, 1.807) is 6.92 Å². The fourth-order valence-corrected chi connectivity index (χ4v) is 3.79. The fourth-order valence-electron chi connectivity index (χ4n) is 2.56. The van der Waals surface area contributed by atoms with Crippen molar-refractivity contribution in [2.45, 2.75) is 30.3 Å². The molecular formula is C14H18FNO5S. The van der Waals surface area contributed by atoms with E-state index in [0.717, 1.165) is 6.07 Å². The van der Waals surface area contributed by atoms with Crippen molar-refractivity contribution >= 4 is 16.0 Å². The number of hydrogen-bond acceptors (Lipinski definition) is 4. The first-order chi connectivity index (χ1) is 10.2. The minimum Gasteiger partial charge on any atom is -0.481 e. The molecule has 122 valence electrons. The van der Waals surface area contributed by atoms with Gasteiger partial charge in [0, 0.05) is 13.7 Å². The molecule has 1 aromatic carbocycles. The number of carboxylic acids is 1. The number of hydrogen-bond donors (Lipinski definition) is 2. The van der Waals surface area contributed by atoms with Crippen molar-refractivity contribution in [1.82, 2.24) is 4.72 Å². The number of carbonyl (C=O) groups is 1. The molecule has 0 atom stereocenters. The molecule has 0 radical (unpaired) electrons. The maximum Gasteiger partial charge on any atom is 0.306 e. The van der Waals surface area contributed by atoms with Gasteiger partial charge in [-0.2, -0.15) is 0 Å². The minimum atomic E-state index is -3.88. The fraction of sp³-hybridized carbons (Fsp3) is 0.500. The summed E-state index contributed by atoms with van der Waals surface area (Å²) >= 11 is 0. The van der Waals surface area contributed by atoms with Crippen LogP contribution in [-0.4, -0.2) is 38.7 Å². The lowest BCUT2D eigenvalue weighted by Crippen LogP contribution is -2.55. The highest BCUT2D eigenvalue weighted by atomic mass is 32.2. The Morgan fingerprint density at radius 2 is 2.09 bits per heavy atom. The van der Waals surface area contributed by atoms with Crippen LogP contribution in [0.4, 0.5) is 4.39 Å². The van der Waals surface area contributed by atoms with Gasteiger partial charge in [0.1, 0.15) is 5.82 Å². The number of benzene rings is 1. The summed E-state index contributed by atoms with van der Waals surface area (Å²) in [6.07, 6.45) is 0.479. The molecule has 0 aliphatic heterocycles. The van der Waals surface area contributed by atoms with E-state index in [2.05, 4.69) is 4.72 Å². The zero-order valence-corrected chi connectivity index (χ0v) is 13.1. The highest BCUT2D eigenvalue weighted by molar-refractivity contribution is 7.89. The van der Waals surface area contributed by atoms with Crippen molar-refractivity contribution in [3.8, 4) is 0 Å². The Balaban J connectivity index is 2.08. The summed E-state index contributed by atoms with van der Waals surface area (Å²) < 4.78 is 45.4. The predicted octanol–water partition coefficient (Wildman–Crippen LogP) is 1.29. The van der Waals surface area contributed by atoms with E-state index in [1.165, 1.54) is 19.2 Å². The summed E-state index contributed by atoms with van der Waals surface area (Å²) in [7, 11) is -2.46. The standard InChI is InChI=1S/C14H18FNO5S/c1-9-3-11(15)5-12(4-9)22(19,20)16-8-14(21-2)6-10(7-14)13(17)18/h3-5,10,16H,6-8H2,1-2H3,(H,17,18). The van der Waals surface area contributed by atoms with Crippen LogP contribution in [0.2, 0.25) is 0 Å². The van der Waals surface area contributed by atoms with E-state index in [-0.39, 0.29) is 24.3 Å². The lowest BCUT2D eigenvalue weighted by atomic mass is 9.71. The molecule has 0 spiro atoms. The van der Waals surface area contributed by atoms with Crippen LogP contribution >= 0.6 is 0 Å². The van der Waals surface area contributed by atoms with Crippen LogP contribution in [0.5, 0.6) is 0 Å². The van der Waals surface area contributed by atoms with E-state index in [4.69, 9.17) is 9.84 Å². The molecule has 0 unspecified atom stereocenters. The topological polar surface area (TPSA) is 92.7 Å². The Bertz CT molecular complexity index is 662. The summed E-state index contributed by atoms with van der Waals surface area (Å²) in [5.74, 6) is -2.08. The quantitative estimate of drug-likeness (QED) is 0.819. The summed E-state index contributed by atoms with van der Waals surface area (Å²) in [6.45, 7) is 1.55. The second-order valence-electron chi connectivity index (χ2n) is 5.62. The van der Waals surface area contributed by atoms with Crippen LogP contribution < -0.4 is 4.72 Å². The Hall–Kier alpha value is -1.51. The Labute approximate surface area is 128 Å². The third-order valence-electron chi connectivity index (χ3n) is 3.93. The average molecular weight is 331 g/mol. The number of methoxy groups -OCH3 is 1. The lowest BCUT2D eigenvalue weighted by Gasteiger charge is -2.44. The first-order valence-electron chi connectivity index (χ1n) is 6.72. The van der Waals surface area contributed by atoms with Crippen molar-refractivity contribution in [1.29, 1.82) is 0 Å². The molecule has 6 nitrogen and oxygen atoms in total. The Morgan fingerprint density at radius 3 is 2.59 bits per heavy atom. The molecule has 8 heteroatoms. The summed E-state index contributed by atoms with van der Waals surface area (Å²) in [6, 6.07) is 3.54. The molecule has 22 heavy (non-hydrogen) atoms. The lowest BCUT2D eigenvalue weighted by molar-refractivity contribution is -0.161. The second-order valence-corrected chi connectivity index (χ2v) is 7.39. The zero-order valence-electron chi connectivity index (χ0n) is 12.3. The Morgan fingerprint density at radius 1 is 1.45 bits per heavy atom. The van der Waals surface area contributed by atoms with Crippen LogP contribution in [-0.2, 0) is 19.6 Å². The average Bonchev–Trinajstić information content (AvgIpc) is 2.36. The summed E-state index contributed by atoms with van der Waals surface area (Å²) in [5, 5.41) is 8.89. The monoisotopic (exact) mass is 331 g/mol. The molecule has 1 saturated carbocycles. The maximum absolute atomic E-state index is 13.3. The molecule has 0 bridgehead atoms. The van der Waals surface area contributed by atoms with E-state index >= 15 is 0 Å². The first kappa shape index (κ1) is 16.9. The van der Waals surface area contributed by atoms with Crippen molar-refractivity contribution in [2.75, 3.05) is 13.7 Å². The van der Waals surface area contributed by atoms with Crippen LogP contribution in [0.3, 0.4) is 0 Å². The van der Waals surface area contributed by atoms with Crippen LogP contribution in [0.25, 0.3) is 0 Å². The van der Waals surface area contributed by atoms with Gasteiger partial charge >= 0.3 is 5.97 Å². The highest BCUT2D eigenvalue weighted by Gasteiger charge is 2.48. The largest absolute Gasteiger partial charge is 0.481 e. The number of aliphatic carboxylic acids is 1. The van der Waals surface area contributed by atoms with Gasteiger partial charge in [0.05, 0.1) is 16.4 Å². The highest BCUT2D eigenvalue weighted by Crippen LogP contribution is 2.40. The van der Waals surface area contributed by atoms with Gasteiger partial charge < -0.3 is 9.84 Å². The van der Waals surface area contributed by atoms with Gasteiger partial charge in [0.15, 0.2) is 0 Å². The van der Waals surface area contributed by atoms with Crippen molar-refractivity contribution < 1.29 is 27.4 Å². The van der Waals surface area contributed by atoms with Crippen molar-refractivity contribution in [3.05, 3.63) is 29.6 Å². The molecule has 2 rings (SSSR count). The molecule has 1 aliphatic rings. The Kier molecular flexibility index (Phi) is 4.55. The third-order valence-corrected chi connectivity index (χ3v) is 5.31. The van der Waals surface area contributed by atoms with Gasteiger partial charge in [-0.05, 0) is 43.5 Å². The molecule has 0 saturated heterocycles. The van der Waals surface area contributed by atoms with E-state index in [0.29, 0.717) is 5.56 Å². The molecule has 0 amide bonds. The van der Waals surface area contributed by atoms with Crippen molar-refractivity contribution in [2.24, 2.45) is 5.92 Å². The van der Waals surface area contributed by atoms with Gasteiger partial charge in [0.2, 0.25) is 10.0 Å². The number of sulfonamides is 1. The third kappa shape index (κ3) is 3.45. The van der Waals surface area contributed by atoms with Crippen LogP contribution in [0, 0.1) is 18.7 Å². The molecule has 1 aliphatic carbocycles. The van der Waals surface area contributed by atoms with Gasteiger partial charge in [-0.3, -0.25) is 4.79 Å². The SMILES string of the molecule is COC1(CNS(=O)(=O)c2cc(C)cc(F)c2)CC(C(=O)O)C1. The van der Waals surface area contributed by atoms with E-state index in [1.807, 2.05) is 0 Å². The summed E-state index contributed by atoms with van der Waals surface area (Å²) in [5.41, 5.74) is -0.324. The number of halogens is 1. The molecular weight excluding hydrogens is 313 g/mol. The number of ether oxygens (including phenoxy) is 1. The molecule has 2 N–H and O–H groups in total. The second kappa shape index (κ2) is 5.94. The smallest absolute Gasteiger partial charge is 0.306 e. The molecule has 0 heterocycles. The molecule has 1 aromatic rings. The van der Waals surface area contributed by atoms with Crippen LogP contribution in [0.1, 0.15) is 18.4 Å². The maximum atomic E-state index is 13.3. The summed E-state index contributed by atoms with van der Waals surface area (Å²) in [4.78, 5) is 10.7. The number of rotatable bonds is 6. The molecule has 1 fully saturated rings. The van der Waals surface area contributed by atoms with Crippen molar-refractivity contribution in [3.63, 3.8) is 0 Å². The van der Waals surface area contributed by atoms with E-state index in [9.17, 15) is 17.6 Å². The number of nitrogens with one attached hydrogen (secondary N) is 1. The van der Waals surface area contributed by atoms with Gasteiger partial charge in [-0.15, -0.1) is 0 Å².